The van der Waals surface area contributed by atoms with Crippen LogP contribution in [0.1, 0.15) is 20.4 Å². The van der Waals surface area contributed by atoms with Gasteiger partial charge < -0.3 is 0 Å². The van der Waals surface area contributed by atoms with Crippen LogP contribution in [0, 0.1) is 13.8 Å². The summed E-state index contributed by atoms with van der Waals surface area (Å²) in [5, 5.41) is 2.96. The molecule has 0 saturated carbocycles. The molecule has 26 heavy (non-hydrogen) atoms. The quantitative estimate of drug-likeness (QED) is 0.587. The maximum absolute atomic E-state index is 13.0. The molecule has 3 aromatic heterocycles. The van der Waals surface area contributed by atoms with Gasteiger partial charge in [0.05, 0.1) is 10.4 Å². The van der Waals surface area contributed by atoms with Crippen LogP contribution in [0.25, 0.3) is 21.3 Å². The number of carbonyl (C=O) groups excluding carboxylic acids is 1. The Labute approximate surface area is 156 Å². The first kappa shape index (κ1) is 16.6. The minimum absolute atomic E-state index is 0.282. The lowest BCUT2D eigenvalue weighted by atomic mass is 10.0. The Morgan fingerprint density at radius 2 is 1.96 bits per heavy atom. The molecule has 1 N–H and O–H groups in total. The van der Waals surface area contributed by atoms with Crippen LogP contribution in [0.3, 0.4) is 0 Å². The Balaban J connectivity index is 1.82. The van der Waals surface area contributed by atoms with Gasteiger partial charge in [-0.2, -0.15) is 0 Å². The van der Waals surface area contributed by atoms with E-state index in [2.05, 4.69) is 15.4 Å². The zero-order valence-electron chi connectivity index (χ0n) is 14.0. The fourth-order valence-electron chi connectivity index (χ4n) is 2.77. The van der Waals surface area contributed by atoms with Gasteiger partial charge in [-0.1, -0.05) is 30.3 Å². The normalized spacial score (nSPS) is 11.0. The lowest BCUT2D eigenvalue weighted by molar-refractivity contribution is 0.100. The van der Waals surface area contributed by atoms with Gasteiger partial charge in [-0.15, -0.1) is 22.7 Å². The summed E-state index contributed by atoms with van der Waals surface area (Å²) >= 11 is 2.85. The number of thiazole rings is 1. The molecule has 8 heteroatoms. The molecule has 0 saturated heterocycles. The van der Waals surface area contributed by atoms with Gasteiger partial charge >= 0.3 is 0 Å². The van der Waals surface area contributed by atoms with Gasteiger partial charge in [-0.3, -0.25) is 15.0 Å². The predicted molar refractivity (Wildman–Crippen MR) is 105 cm³/mol. The first-order valence-electron chi connectivity index (χ1n) is 7.84. The highest BCUT2D eigenvalue weighted by Crippen LogP contribution is 2.35. The molecule has 4 rings (SSSR count). The number of fused-ring (bicyclic) bond motifs is 1. The van der Waals surface area contributed by atoms with Crippen molar-refractivity contribution in [3.05, 3.63) is 68.0 Å². The minimum Gasteiger partial charge on any atom is -0.267 e. The van der Waals surface area contributed by atoms with E-state index in [9.17, 15) is 9.59 Å². The van der Waals surface area contributed by atoms with Crippen LogP contribution in [0.5, 0.6) is 0 Å². The molecule has 0 bridgehead atoms. The molecular weight excluding hydrogens is 368 g/mol. The number of amides is 1. The topological polar surface area (TPSA) is 76.9 Å². The van der Waals surface area contributed by atoms with E-state index in [-0.39, 0.29) is 11.3 Å². The molecule has 3 heterocycles. The average molecular weight is 382 g/mol. The Hall–Kier alpha value is -2.84. The van der Waals surface area contributed by atoms with E-state index in [1.54, 1.807) is 5.38 Å². The van der Waals surface area contributed by atoms with Crippen molar-refractivity contribution in [3.8, 4) is 11.1 Å². The molecule has 6 nitrogen and oxygen atoms in total. The lowest BCUT2D eigenvalue weighted by Crippen LogP contribution is -2.33. The number of hydrogen-bond acceptors (Lipinski definition) is 6. The fraction of sp³-hybridized carbons (Fsp3) is 0.111. The number of hydrogen-bond donors (Lipinski definition) is 1. The monoisotopic (exact) mass is 382 g/mol. The third-order valence-electron chi connectivity index (χ3n) is 3.92. The lowest BCUT2D eigenvalue weighted by Gasteiger charge is -2.07. The maximum atomic E-state index is 13.0. The number of rotatable bonds is 3. The molecule has 0 radical (unpaired) electrons. The van der Waals surface area contributed by atoms with Crippen molar-refractivity contribution < 1.29 is 4.79 Å². The third-order valence-corrected chi connectivity index (χ3v) is 5.71. The van der Waals surface area contributed by atoms with E-state index in [1.807, 2.05) is 44.2 Å². The molecule has 1 aromatic carbocycles. The van der Waals surface area contributed by atoms with Crippen molar-refractivity contribution in [2.24, 2.45) is 0 Å². The first-order chi connectivity index (χ1) is 12.5. The molecule has 0 spiro atoms. The second-order valence-corrected chi connectivity index (χ2v) is 7.96. The van der Waals surface area contributed by atoms with Crippen LogP contribution in [0.4, 0.5) is 0 Å². The van der Waals surface area contributed by atoms with Crippen LogP contribution in [0.15, 0.2) is 46.8 Å². The highest BCUT2D eigenvalue weighted by atomic mass is 32.1. The van der Waals surface area contributed by atoms with Crippen molar-refractivity contribution in [2.45, 2.75) is 13.8 Å². The van der Waals surface area contributed by atoms with Gasteiger partial charge in [0.15, 0.2) is 0 Å². The number of aryl methyl sites for hydroxylation is 2. The summed E-state index contributed by atoms with van der Waals surface area (Å²) in [7, 11) is 0. The predicted octanol–water partition coefficient (Wildman–Crippen LogP) is 3.58. The Morgan fingerprint density at radius 1 is 1.19 bits per heavy atom. The number of nitrogens with zero attached hydrogens (tertiary/aromatic N) is 3. The van der Waals surface area contributed by atoms with Gasteiger partial charge in [0.25, 0.3) is 11.5 Å². The average Bonchev–Trinajstić information content (AvgIpc) is 3.21. The number of carbonyl (C=O) groups is 1. The Bertz CT molecular complexity index is 1180. The summed E-state index contributed by atoms with van der Waals surface area (Å²) in [5.41, 5.74) is 4.36. The summed E-state index contributed by atoms with van der Waals surface area (Å²) in [6.07, 6.45) is 1.34. The summed E-state index contributed by atoms with van der Waals surface area (Å²) in [5.74, 6) is -0.439. The van der Waals surface area contributed by atoms with E-state index in [0.717, 1.165) is 25.7 Å². The van der Waals surface area contributed by atoms with E-state index < -0.39 is 5.91 Å². The second-order valence-electron chi connectivity index (χ2n) is 5.69. The summed E-state index contributed by atoms with van der Waals surface area (Å²) in [6, 6.07) is 9.71. The van der Waals surface area contributed by atoms with Crippen LogP contribution < -0.4 is 11.0 Å². The Kier molecular flexibility index (Phi) is 4.14. The van der Waals surface area contributed by atoms with Crippen molar-refractivity contribution in [2.75, 3.05) is 5.43 Å². The SMILES string of the molecule is Cc1nc(C(=O)Nn2cnc3sc(C)c(-c4ccccc4)c3c2=O)cs1. The molecule has 1 amide bonds. The molecule has 0 unspecified atom stereocenters. The third kappa shape index (κ3) is 2.83. The van der Waals surface area contributed by atoms with Gasteiger partial charge in [-0.05, 0) is 19.4 Å². The van der Waals surface area contributed by atoms with Gasteiger partial charge in [0, 0.05) is 15.8 Å². The number of benzene rings is 1. The molecule has 0 atom stereocenters. The van der Waals surface area contributed by atoms with Crippen molar-refractivity contribution >= 4 is 38.8 Å². The second kappa shape index (κ2) is 6.47. The largest absolute Gasteiger partial charge is 0.289 e. The highest BCUT2D eigenvalue weighted by molar-refractivity contribution is 7.19. The van der Waals surface area contributed by atoms with E-state index in [0.29, 0.717) is 10.2 Å². The van der Waals surface area contributed by atoms with E-state index >= 15 is 0 Å². The van der Waals surface area contributed by atoms with Crippen LogP contribution in [-0.4, -0.2) is 20.6 Å². The number of nitrogens with one attached hydrogen (secondary N) is 1. The molecule has 0 fully saturated rings. The van der Waals surface area contributed by atoms with Crippen LogP contribution in [0.2, 0.25) is 0 Å². The molecule has 0 aliphatic rings. The van der Waals surface area contributed by atoms with Crippen molar-refractivity contribution in [3.63, 3.8) is 0 Å². The maximum Gasteiger partial charge on any atom is 0.289 e. The van der Waals surface area contributed by atoms with Crippen molar-refractivity contribution in [1.29, 1.82) is 0 Å². The molecule has 0 aliphatic carbocycles. The minimum atomic E-state index is -0.439. The smallest absolute Gasteiger partial charge is 0.267 e. The van der Waals surface area contributed by atoms with Crippen molar-refractivity contribution in [1.82, 2.24) is 14.6 Å². The van der Waals surface area contributed by atoms with Gasteiger partial charge in [0.1, 0.15) is 16.9 Å². The van der Waals surface area contributed by atoms with Crippen LogP contribution in [-0.2, 0) is 0 Å². The molecule has 0 aliphatic heterocycles. The summed E-state index contributed by atoms with van der Waals surface area (Å²) in [6.45, 7) is 3.79. The summed E-state index contributed by atoms with van der Waals surface area (Å²) in [4.78, 5) is 35.5. The zero-order valence-corrected chi connectivity index (χ0v) is 15.6. The molecule has 130 valence electrons. The number of thiophene rings is 1. The van der Waals surface area contributed by atoms with Crippen LogP contribution >= 0.6 is 22.7 Å². The standard InChI is InChI=1S/C18H14N4O2S2/c1-10-14(12-6-4-3-5-7-12)15-17(26-10)19-9-22(18(15)24)21-16(23)13-8-25-11(2)20-13/h3-9H,1-2H3,(H,21,23). The summed E-state index contributed by atoms with van der Waals surface area (Å²) < 4.78 is 1.12. The highest BCUT2D eigenvalue weighted by Gasteiger charge is 2.18. The first-order valence-corrected chi connectivity index (χ1v) is 9.54. The molecular formula is C18H14N4O2S2. The zero-order chi connectivity index (χ0) is 18.3. The van der Waals surface area contributed by atoms with Gasteiger partial charge in [0.2, 0.25) is 0 Å². The molecule has 4 aromatic rings. The van der Waals surface area contributed by atoms with E-state index in [4.69, 9.17) is 0 Å². The fourth-order valence-corrected chi connectivity index (χ4v) is 4.37. The van der Waals surface area contributed by atoms with Gasteiger partial charge in [-0.25, -0.2) is 14.6 Å². The van der Waals surface area contributed by atoms with E-state index in [1.165, 1.54) is 29.0 Å². The Morgan fingerprint density at radius 3 is 2.65 bits per heavy atom. The number of aromatic nitrogens is 3.